The standard InChI is InChI=1S/C12H8IN3O/c1-8-2-3-9(13)11(6-8)17-12-10(7-14)15-4-5-16-12/h2-6H,1H3. The summed E-state index contributed by atoms with van der Waals surface area (Å²) >= 11 is 2.17. The van der Waals surface area contributed by atoms with Crippen LogP contribution in [0.3, 0.4) is 0 Å². The molecule has 0 aliphatic heterocycles. The number of halogens is 1. The number of aromatic nitrogens is 2. The molecule has 0 atom stereocenters. The Morgan fingerprint density at radius 2 is 2.06 bits per heavy atom. The maximum absolute atomic E-state index is 8.89. The Bertz CT molecular complexity index is 593. The highest BCUT2D eigenvalue weighted by Gasteiger charge is 2.09. The van der Waals surface area contributed by atoms with Crippen LogP contribution in [0.4, 0.5) is 0 Å². The molecule has 0 N–H and O–H groups in total. The summed E-state index contributed by atoms with van der Waals surface area (Å²) < 4.78 is 6.57. The van der Waals surface area contributed by atoms with Gasteiger partial charge in [0.25, 0.3) is 5.88 Å². The lowest BCUT2D eigenvalue weighted by Gasteiger charge is -2.07. The molecule has 2 aromatic rings. The minimum Gasteiger partial charge on any atom is -0.435 e. The van der Waals surface area contributed by atoms with Crippen molar-refractivity contribution in [3.63, 3.8) is 0 Å². The van der Waals surface area contributed by atoms with E-state index >= 15 is 0 Å². The molecule has 1 aromatic heterocycles. The monoisotopic (exact) mass is 337 g/mol. The van der Waals surface area contributed by atoms with Gasteiger partial charge >= 0.3 is 0 Å². The summed E-state index contributed by atoms with van der Waals surface area (Å²) in [6, 6.07) is 7.80. The molecule has 1 aromatic carbocycles. The number of hydrogen-bond acceptors (Lipinski definition) is 4. The highest BCUT2D eigenvalue weighted by Crippen LogP contribution is 2.27. The van der Waals surface area contributed by atoms with E-state index in [4.69, 9.17) is 10.00 Å². The van der Waals surface area contributed by atoms with Crippen LogP contribution >= 0.6 is 22.6 Å². The van der Waals surface area contributed by atoms with E-state index in [9.17, 15) is 0 Å². The van der Waals surface area contributed by atoms with Crippen LogP contribution in [0.2, 0.25) is 0 Å². The Kier molecular flexibility index (Phi) is 3.54. The zero-order valence-corrected chi connectivity index (χ0v) is 11.2. The van der Waals surface area contributed by atoms with Crippen molar-refractivity contribution in [2.45, 2.75) is 6.92 Å². The summed E-state index contributed by atoms with van der Waals surface area (Å²) in [4.78, 5) is 7.90. The van der Waals surface area contributed by atoms with E-state index in [0.29, 0.717) is 5.75 Å². The Morgan fingerprint density at radius 1 is 1.29 bits per heavy atom. The van der Waals surface area contributed by atoms with Gasteiger partial charge in [0.05, 0.1) is 3.57 Å². The van der Waals surface area contributed by atoms with Crippen molar-refractivity contribution in [1.29, 1.82) is 5.26 Å². The molecule has 0 spiro atoms. The van der Waals surface area contributed by atoms with Gasteiger partial charge in [0.15, 0.2) is 0 Å². The zero-order valence-electron chi connectivity index (χ0n) is 9.01. The molecule has 0 radical (unpaired) electrons. The van der Waals surface area contributed by atoms with E-state index in [1.165, 1.54) is 12.4 Å². The molecular formula is C12H8IN3O. The molecule has 0 saturated carbocycles. The van der Waals surface area contributed by atoms with Crippen LogP contribution in [0.5, 0.6) is 11.6 Å². The number of aryl methyl sites for hydroxylation is 1. The topological polar surface area (TPSA) is 58.8 Å². The first-order valence-electron chi connectivity index (χ1n) is 4.86. The van der Waals surface area contributed by atoms with Gasteiger partial charge in [-0.25, -0.2) is 9.97 Å². The molecule has 1 heterocycles. The van der Waals surface area contributed by atoms with Crippen LogP contribution in [-0.4, -0.2) is 9.97 Å². The van der Waals surface area contributed by atoms with E-state index in [1.807, 2.05) is 31.2 Å². The van der Waals surface area contributed by atoms with Crippen molar-refractivity contribution in [1.82, 2.24) is 9.97 Å². The average molecular weight is 337 g/mol. The predicted octanol–water partition coefficient (Wildman–Crippen LogP) is 3.05. The van der Waals surface area contributed by atoms with Crippen LogP contribution in [0.1, 0.15) is 11.3 Å². The molecule has 0 aliphatic carbocycles. The number of rotatable bonds is 2. The molecule has 0 fully saturated rings. The van der Waals surface area contributed by atoms with Gasteiger partial charge in [-0.05, 0) is 47.2 Å². The summed E-state index contributed by atoms with van der Waals surface area (Å²) in [5.41, 5.74) is 1.27. The summed E-state index contributed by atoms with van der Waals surface area (Å²) in [6.07, 6.45) is 2.96. The number of ether oxygens (including phenoxy) is 1. The second-order valence-electron chi connectivity index (χ2n) is 3.36. The molecule has 84 valence electrons. The number of benzene rings is 1. The first-order valence-corrected chi connectivity index (χ1v) is 5.93. The Labute approximate surface area is 112 Å². The summed E-state index contributed by atoms with van der Waals surface area (Å²) in [5.74, 6) is 0.918. The molecule has 5 heteroatoms. The van der Waals surface area contributed by atoms with E-state index < -0.39 is 0 Å². The fourth-order valence-electron chi connectivity index (χ4n) is 1.27. The van der Waals surface area contributed by atoms with Crippen molar-refractivity contribution in [2.24, 2.45) is 0 Å². The smallest absolute Gasteiger partial charge is 0.256 e. The van der Waals surface area contributed by atoms with Gasteiger partial charge < -0.3 is 4.74 Å². The van der Waals surface area contributed by atoms with E-state index in [2.05, 4.69) is 32.6 Å². The van der Waals surface area contributed by atoms with Crippen LogP contribution in [0, 0.1) is 21.8 Å². The SMILES string of the molecule is Cc1ccc(I)c(Oc2nccnc2C#N)c1. The molecule has 0 unspecified atom stereocenters. The Hall–Kier alpha value is -1.68. The fourth-order valence-corrected chi connectivity index (χ4v) is 1.72. The lowest BCUT2D eigenvalue weighted by Crippen LogP contribution is -1.95. The largest absolute Gasteiger partial charge is 0.435 e. The fraction of sp³-hybridized carbons (Fsp3) is 0.0833. The third-order valence-electron chi connectivity index (χ3n) is 2.06. The maximum atomic E-state index is 8.89. The second kappa shape index (κ2) is 5.10. The summed E-state index contributed by atoms with van der Waals surface area (Å²) in [7, 11) is 0. The van der Waals surface area contributed by atoms with Crippen molar-refractivity contribution in [3.8, 4) is 17.7 Å². The molecule has 2 rings (SSSR count). The Balaban J connectivity index is 2.38. The van der Waals surface area contributed by atoms with Gasteiger partial charge in [-0.2, -0.15) is 5.26 Å². The third kappa shape index (κ3) is 2.71. The average Bonchev–Trinajstić information content (AvgIpc) is 2.34. The molecule has 0 saturated heterocycles. The molecule has 0 aliphatic rings. The molecular weight excluding hydrogens is 329 g/mol. The van der Waals surface area contributed by atoms with Crippen LogP contribution < -0.4 is 4.74 Å². The molecule has 4 nitrogen and oxygen atoms in total. The molecule has 17 heavy (non-hydrogen) atoms. The molecule has 0 bridgehead atoms. The van der Waals surface area contributed by atoms with Gasteiger partial charge in [0.2, 0.25) is 5.69 Å². The Morgan fingerprint density at radius 3 is 2.82 bits per heavy atom. The minimum atomic E-state index is 0.185. The number of hydrogen-bond donors (Lipinski definition) is 0. The summed E-state index contributed by atoms with van der Waals surface area (Å²) in [6.45, 7) is 1.98. The first kappa shape index (κ1) is 11.8. The lowest BCUT2D eigenvalue weighted by molar-refractivity contribution is 0.454. The van der Waals surface area contributed by atoms with Crippen molar-refractivity contribution in [3.05, 3.63) is 45.4 Å². The van der Waals surface area contributed by atoms with Gasteiger partial charge in [-0.3, -0.25) is 0 Å². The van der Waals surface area contributed by atoms with Gasteiger partial charge in [0.1, 0.15) is 11.8 Å². The van der Waals surface area contributed by atoms with Crippen molar-refractivity contribution in [2.75, 3.05) is 0 Å². The first-order chi connectivity index (χ1) is 8.20. The van der Waals surface area contributed by atoms with Crippen LogP contribution in [0.25, 0.3) is 0 Å². The zero-order chi connectivity index (χ0) is 12.3. The lowest BCUT2D eigenvalue weighted by atomic mass is 10.2. The van der Waals surface area contributed by atoms with Crippen LogP contribution in [0.15, 0.2) is 30.6 Å². The predicted molar refractivity (Wildman–Crippen MR) is 70.7 cm³/mol. The molecule has 0 amide bonds. The highest BCUT2D eigenvalue weighted by atomic mass is 127. The van der Waals surface area contributed by atoms with E-state index in [1.54, 1.807) is 0 Å². The maximum Gasteiger partial charge on any atom is 0.256 e. The minimum absolute atomic E-state index is 0.185. The highest BCUT2D eigenvalue weighted by molar-refractivity contribution is 14.1. The normalized spacial score (nSPS) is 9.71. The summed E-state index contributed by atoms with van der Waals surface area (Å²) in [5, 5.41) is 8.89. The van der Waals surface area contributed by atoms with E-state index in [0.717, 1.165) is 9.13 Å². The number of nitrogens with zero attached hydrogens (tertiary/aromatic N) is 3. The van der Waals surface area contributed by atoms with E-state index in [-0.39, 0.29) is 11.6 Å². The van der Waals surface area contributed by atoms with Gasteiger partial charge in [0, 0.05) is 12.4 Å². The quantitative estimate of drug-likeness (QED) is 0.791. The van der Waals surface area contributed by atoms with Crippen molar-refractivity contribution < 1.29 is 4.74 Å². The number of nitriles is 1. The van der Waals surface area contributed by atoms with Crippen LogP contribution in [-0.2, 0) is 0 Å². The van der Waals surface area contributed by atoms with Gasteiger partial charge in [-0.15, -0.1) is 0 Å². The van der Waals surface area contributed by atoms with Crippen molar-refractivity contribution >= 4 is 22.6 Å². The second-order valence-corrected chi connectivity index (χ2v) is 4.52. The third-order valence-corrected chi connectivity index (χ3v) is 2.96. The van der Waals surface area contributed by atoms with Gasteiger partial charge in [-0.1, -0.05) is 6.07 Å².